The van der Waals surface area contributed by atoms with Gasteiger partial charge >= 0.3 is 4.87 Å². The summed E-state index contributed by atoms with van der Waals surface area (Å²) in [5, 5.41) is 3.62. The van der Waals surface area contributed by atoms with Crippen LogP contribution in [-0.2, 0) is 0 Å². The van der Waals surface area contributed by atoms with Crippen molar-refractivity contribution in [1.82, 2.24) is 4.98 Å². The molecule has 0 radical (unpaired) electrons. The molecule has 6 nitrogen and oxygen atoms in total. The first-order valence-electron chi connectivity index (χ1n) is 8.36. The number of allylic oxidation sites excluding steroid dienone is 2. The summed E-state index contributed by atoms with van der Waals surface area (Å²) in [6, 6.07) is 13.4. The Morgan fingerprint density at radius 1 is 0.893 bits per heavy atom. The Balaban J connectivity index is 1.83. The van der Waals surface area contributed by atoms with Crippen molar-refractivity contribution in [2.75, 3.05) is 0 Å². The average molecular weight is 406 g/mol. The van der Waals surface area contributed by atoms with Gasteiger partial charge in [-0.05, 0) is 16.8 Å². The van der Waals surface area contributed by atoms with Gasteiger partial charge in [-0.1, -0.05) is 65.6 Å². The number of ketones is 2. The predicted molar refractivity (Wildman–Crippen MR) is 107 cm³/mol. The summed E-state index contributed by atoms with van der Waals surface area (Å²) in [5.41, 5.74) is 1.66. The zero-order chi connectivity index (χ0) is 19.4. The van der Waals surface area contributed by atoms with Crippen molar-refractivity contribution in [2.24, 2.45) is 5.18 Å². The number of carbonyl (C=O) groups is 2. The first-order chi connectivity index (χ1) is 13.6. The minimum absolute atomic E-state index is 0.178. The van der Waals surface area contributed by atoms with E-state index < -0.39 is 5.92 Å². The number of nitrogens with one attached hydrogen (secondary N) is 1. The highest BCUT2D eigenvalue weighted by Crippen LogP contribution is 2.53. The number of aromatic nitrogens is 1. The lowest BCUT2D eigenvalue weighted by atomic mass is 9.79. The summed E-state index contributed by atoms with van der Waals surface area (Å²) >= 11 is 2.08. The van der Waals surface area contributed by atoms with Crippen molar-refractivity contribution in [1.29, 1.82) is 0 Å². The van der Waals surface area contributed by atoms with Crippen molar-refractivity contribution < 1.29 is 9.59 Å². The Bertz CT molecular complexity index is 1290. The predicted octanol–water partition coefficient (Wildman–Crippen LogP) is 4.41. The van der Waals surface area contributed by atoms with Crippen LogP contribution in [0.25, 0.3) is 0 Å². The van der Waals surface area contributed by atoms with Crippen LogP contribution in [0.4, 0.5) is 5.69 Å². The number of hydrogen-bond acceptors (Lipinski definition) is 7. The summed E-state index contributed by atoms with van der Waals surface area (Å²) < 4.78 is 0. The van der Waals surface area contributed by atoms with Gasteiger partial charge in [0, 0.05) is 16.7 Å². The maximum atomic E-state index is 13.4. The van der Waals surface area contributed by atoms with Crippen LogP contribution in [0, 0.1) is 4.91 Å². The van der Waals surface area contributed by atoms with Crippen molar-refractivity contribution >= 4 is 40.4 Å². The lowest BCUT2D eigenvalue weighted by Crippen LogP contribution is -2.27. The van der Waals surface area contributed by atoms with Gasteiger partial charge in [0.05, 0.1) is 20.7 Å². The van der Waals surface area contributed by atoms with Gasteiger partial charge in [-0.15, -0.1) is 4.91 Å². The molecule has 1 atom stereocenters. The summed E-state index contributed by atoms with van der Waals surface area (Å²) in [6.45, 7) is 0. The fourth-order valence-electron chi connectivity index (χ4n) is 3.67. The zero-order valence-electron chi connectivity index (χ0n) is 14.1. The van der Waals surface area contributed by atoms with E-state index in [4.69, 9.17) is 0 Å². The lowest BCUT2D eigenvalue weighted by Gasteiger charge is -2.30. The minimum atomic E-state index is -0.700. The molecule has 5 rings (SSSR count). The highest BCUT2D eigenvalue weighted by Gasteiger charge is 2.43. The van der Waals surface area contributed by atoms with Crippen LogP contribution in [-0.4, -0.2) is 16.6 Å². The molecule has 2 aromatic carbocycles. The zero-order valence-corrected chi connectivity index (χ0v) is 15.7. The van der Waals surface area contributed by atoms with Gasteiger partial charge in [0.15, 0.2) is 5.78 Å². The Labute approximate surface area is 166 Å². The molecule has 0 amide bonds. The number of carbonyl (C=O) groups excluding carboxylic acids is 2. The summed E-state index contributed by atoms with van der Waals surface area (Å²) in [5.74, 6) is -1.22. The monoisotopic (exact) mass is 406 g/mol. The molecule has 0 spiro atoms. The standard InChI is InChI=1S/C20H10N2O4S2/c23-15-9-5-1-2-6-10(9)16(24)17-14(15)13(11-7-3-4-8-12(11)22-26)18-19(27-17)21-20(25)28-18/h1-8,13H,(H,21,25). The van der Waals surface area contributed by atoms with Gasteiger partial charge in [-0.2, -0.15) is 0 Å². The number of aromatic amines is 1. The van der Waals surface area contributed by atoms with Crippen LogP contribution in [0.3, 0.4) is 0 Å². The number of rotatable bonds is 2. The van der Waals surface area contributed by atoms with Crippen LogP contribution in [0.15, 0.2) is 74.0 Å². The van der Waals surface area contributed by atoms with Gasteiger partial charge < -0.3 is 4.98 Å². The number of nitroso groups, excluding NO2 is 1. The van der Waals surface area contributed by atoms with Gasteiger partial charge in [0.25, 0.3) is 0 Å². The van der Waals surface area contributed by atoms with E-state index in [1.54, 1.807) is 48.5 Å². The van der Waals surface area contributed by atoms with E-state index in [2.05, 4.69) is 10.2 Å². The largest absolute Gasteiger partial charge is 0.307 e. The number of fused-ring (bicyclic) bond motifs is 2. The van der Waals surface area contributed by atoms with Crippen LogP contribution < -0.4 is 4.87 Å². The van der Waals surface area contributed by atoms with E-state index in [-0.39, 0.29) is 27.0 Å². The molecule has 1 aliphatic heterocycles. The minimum Gasteiger partial charge on any atom is -0.307 e. The molecular weight excluding hydrogens is 396 g/mol. The van der Waals surface area contributed by atoms with E-state index in [1.165, 1.54) is 0 Å². The summed E-state index contributed by atoms with van der Waals surface area (Å²) in [4.78, 5) is 53.3. The number of thiazole rings is 1. The molecule has 0 bridgehead atoms. The fraction of sp³-hybridized carbons (Fsp3) is 0.0500. The molecule has 8 heteroatoms. The molecule has 0 saturated carbocycles. The van der Waals surface area contributed by atoms with Gasteiger partial charge in [-0.3, -0.25) is 14.4 Å². The second-order valence-electron chi connectivity index (χ2n) is 6.34. The number of nitrogens with zero attached hydrogens (tertiary/aromatic N) is 1. The Hall–Kier alpha value is -3.10. The number of H-pyrrole nitrogens is 1. The maximum absolute atomic E-state index is 13.4. The number of hydrogen-bond donors (Lipinski definition) is 1. The molecule has 1 N–H and O–H groups in total. The molecule has 2 aliphatic rings. The van der Waals surface area contributed by atoms with E-state index in [9.17, 15) is 19.3 Å². The molecule has 136 valence electrons. The molecule has 3 aromatic rings. The van der Waals surface area contributed by atoms with Crippen molar-refractivity contribution in [3.63, 3.8) is 0 Å². The van der Waals surface area contributed by atoms with Crippen LogP contribution >= 0.6 is 23.1 Å². The van der Waals surface area contributed by atoms with E-state index in [1.807, 2.05) is 0 Å². The molecule has 28 heavy (non-hydrogen) atoms. The van der Waals surface area contributed by atoms with Crippen molar-refractivity contribution in [3.8, 4) is 0 Å². The third kappa shape index (κ3) is 2.31. The highest BCUT2D eigenvalue weighted by atomic mass is 32.2. The molecule has 0 saturated heterocycles. The second kappa shape index (κ2) is 6.22. The fourth-order valence-corrected chi connectivity index (χ4v) is 5.94. The Morgan fingerprint density at radius 3 is 2.32 bits per heavy atom. The van der Waals surface area contributed by atoms with E-state index in [0.717, 1.165) is 23.1 Å². The number of thioether (sulfide) groups is 1. The molecule has 0 fully saturated rings. The van der Waals surface area contributed by atoms with Crippen LogP contribution in [0.2, 0.25) is 0 Å². The smallest absolute Gasteiger partial charge is 0.305 e. The maximum Gasteiger partial charge on any atom is 0.305 e. The van der Waals surface area contributed by atoms with Gasteiger partial charge in [0.2, 0.25) is 5.78 Å². The highest BCUT2D eigenvalue weighted by molar-refractivity contribution is 8.04. The lowest BCUT2D eigenvalue weighted by molar-refractivity contribution is 0.0977. The molecule has 1 aromatic heterocycles. The third-order valence-corrected chi connectivity index (χ3v) is 7.07. The summed E-state index contributed by atoms with van der Waals surface area (Å²) in [6.07, 6.45) is 0. The van der Waals surface area contributed by atoms with Crippen LogP contribution in [0.1, 0.15) is 37.1 Å². The van der Waals surface area contributed by atoms with E-state index in [0.29, 0.717) is 32.2 Å². The average Bonchev–Trinajstić information content (AvgIpc) is 3.10. The number of benzene rings is 2. The normalized spacial score (nSPS) is 17.8. The van der Waals surface area contributed by atoms with Crippen molar-refractivity contribution in [3.05, 3.63) is 95.2 Å². The SMILES string of the molecule is O=Nc1ccccc1C1C2=C(Sc3[nH]c(=O)sc31)C(=O)c1ccccc1C2=O. The van der Waals surface area contributed by atoms with Crippen LogP contribution in [0.5, 0.6) is 0 Å². The molecule has 1 aliphatic carbocycles. The van der Waals surface area contributed by atoms with E-state index >= 15 is 0 Å². The summed E-state index contributed by atoms with van der Waals surface area (Å²) in [7, 11) is 0. The first kappa shape index (κ1) is 17.0. The molecule has 1 unspecified atom stereocenters. The van der Waals surface area contributed by atoms with Crippen molar-refractivity contribution in [2.45, 2.75) is 10.9 Å². The topological polar surface area (TPSA) is 96.4 Å². The van der Waals surface area contributed by atoms with Gasteiger partial charge in [0.1, 0.15) is 5.69 Å². The third-order valence-electron chi connectivity index (χ3n) is 4.85. The second-order valence-corrected chi connectivity index (χ2v) is 8.38. The van der Waals surface area contributed by atoms with Gasteiger partial charge in [-0.25, -0.2) is 0 Å². The quantitative estimate of drug-likeness (QED) is 0.636. The molecular formula is C20H10N2O4S2. The Kier molecular flexibility index (Phi) is 3.78. The number of Topliss-reactive ketones (excluding diaryl/α,β-unsaturated/α-hetero) is 2. The Morgan fingerprint density at radius 2 is 1.57 bits per heavy atom. The molecule has 2 heterocycles. The first-order valence-corrected chi connectivity index (χ1v) is 9.99.